The largest absolute Gasteiger partial charge is 0.504 e. The molecule has 2 N–H and O–H groups in total. The standard InChI is InChI=1S/C16H14FNO3/c1-9(10-2-5-12(17)6-3-10)18-8-11-4-7-13(19)15(20)14(11)16(18)21/h2-7,9,19-20H,8H2,1H3/t9-/m1/s1. The van der Waals surface area contributed by atoms with E-state index in [1.165, 1.54) is 18.2 Å². The van der Waals surface area contributed by atoms with E-state index < -0.39 is 0 Å². The minimum absolute atomic E-state index is 0.143. The number of fused-ring (bicyclic) bond motifs is 1. The van der Waals surface area contributed by atoms with Gasteiger partial charge in [0.25, 0.3) is 5.91 Å². The van der Waals surface area contributed by atoms with Gasteiger partial charge in [-0.2, -0.15) is 0 Å². The summed E-state index contributed by atoms with van der Waals surface area (Å²) in [5, 5.41) is 19.4. The molecular formula is C16H14FNO3. The summed E-state index contributed by atoms with van der Waals surface area (Å²) in [5.74, 6) is -1.36. The van der Waals surface area contributed by atoms with Crippen LogP contribution in [-0.2, 0) is 6.54 Å². The van der Waals surface area contributed by atoms with Crippen molar-refractivity contribution in [3.05, 3.63) is 58.9 Å². The summed E-state index contributed by atoms with van der Waals surface area (Å²) in [4.78, 5) is 14.0. The Bertz CT molecular complexity index is 712. The van der Waals surface area contributed by atoms with Gasteiger partial charge in [0, 0.05) is 6.54 Å². The van der Waals surface area contributed by atoms with Gasteiger partial charge in [0.15, 0.2) is 11.5 Å². The lowest BCUT2D eigenvalue weighted by molar-refractivity contribution is 0.0713. The highest BCUT2D eigenvalue weighted by Gasteiger charge is 2.34. The summed E-state index contributed by atoms with van der Waals surface area (Å²) in [7, 11) is 0. The molecule has 1 amide bonds. The molecule has 2 aromatic rings. The van der Waals surface area contributed by atoms with Crippen LogP contribution >= 0.6 is 0 Å². The van der Waals surface area contributed by atoms with Crippen LogP contribution in [0.4, 0.5) is 4.39 Å². The van der Waals surface area contributed by atoms with Gasteiger partial charge in [-0.1, -0.05) is 18.2 Å². The van der Waals surface area contributed by atoms with Gasteiger partial charge >= 0.3 is 0 Å². The number of amides is 1. The van der Waals surface area contributed by atoms with Gasteiger partial charge in [0.2, 0.25) is 0 Å². The van der Waals surface area contributed by atoms with Crippen LogP contribution in [-0.4, -0.2) is 21.0 Å². The van der Waals surface area contributed by atoms with Crippen molar-refractivity contribution in [2.45, 2.75) is 19.5 Å². The zero-order chi connectivity index (χ0) is 15.1. The molecule has 0 fully saturated rings. The Hall–Kier alpha value is -2.56. The number of aromatic hydroxyl groups is 2. The number of carbonyl (C=O) groups excluding carboxylic acids is 1. The molecule has 0 spiro atoms. The van der Waals surface area contributed by atoms with E-state index in [9.17, 15) is 19.4 Å². The number of hydrogen-bond acceptors (Lipinski definition) is 3. The van der Waals surface area contributed by atoms with Crippen molar-refractivity contribution in [2.24, 2.45) is 0 Å². The Labute approximate surface area is 121 Å². The first-order valence-corrected chi connectivity index (χ1v) is 6.59. The van der Waals surface area contributed by atoms with Crippen molar-refractivity contribution in [2.75, 3.05) is 0 Å². The normalized spacial score (nSPS) is 15.1. The van der Waals surface area contributed by atoms with Gasteiger partial charge in [-0.25, -0.2) is 4.39 Å². The highest BCUT2D eigenvalue weighted by Crippen LogP contribution is 2.39. The first-order chi connectivity index (χ1) is 9.99. The SMILES string of the molecule is C[C@H](c1ccc(F)cc1)N1Cc2ccc(O)c(O)c2C1=O. The molecule has 108 valence electrons. The molecule has 21 heavy (non-hydrogen) atoms. The molecule has 2 aromatic carbocycles. The van der Waals surface area contributed by atoms with Gasteiger partial charge in [-0.3, -0.25) is 4.79 Å². The Morgan fingerprint density at radius 2 is 1.81 bits per heavy atom. The second-order valence-corrected chi connectivity index (χ2v) is 5.13. The summed E-state index contributed by atoms with van der Waals surface area (Å²) in [6.07, 6.45) is 0. The monoisotopic (exact) mass is 287 g/mol. The maximum Gasteiger partial charge on any atom is 0.258 e. The molecule has 0 aliphatic carbocycles. The number of phenols is 2. The van der Waals surface area contributed by atoms with Gasteiger partial charge in [0.05, 0.1) is 11.6 Å². The van der Waals surface area contributed by atoms with E-state index >= 15 is 0 Å². The lowest BCUT2D eigenvalue weighted by atomic mass is 10.1. The Morgan fingerprint density at radius 1 is 1.14 bits per heavy atom. The van der Waals surface area contributed by atoms with E-state index in [0.717, 1.165) is 5.56 Å². The zero-order valence-corrected chi connectivity index (χ0v) is 11.4. The predicted octanol–water partition coefficient (Wildman–Crippen LogP) is 2.95. The molecule has 0 unspecified atom stereocenters. The third-order valence-electron chi connectivity index (χ3n) is 3.88. The summed E-state index contributed by atoms with van der Waals surface area (Å²) in [6, 6.07) is 8.70. The quantitative estimate of drug-likeness (QED) is 0.835. The molecule has 0 saturated carbocycles. The number of carbonyl (C=O) groups is 1. The lowest BCUT2D eigenvalue weighted by Gasteiger charge is -2.24. The summed E-state index contributed by atoms with van der Waals surface area (Å²) >= 11 is 0. The molecule has 4 nitrogen and oxygen atoms in total. The molecule has 0 aromatic heterocycles. The van der Waals surface area contributed by atoms with E-state index in [-0.39, 0.29) is 34.8 Å². The summed E-state index contributed by atoms with van der Waals surface area (Å²) in [5.41, 5.74) is 1.62. The molecular weight excluding hydrogens is 273 g/mol. The van der Waals surface area contributed by atoms with E-state index in [2.05, 4.69) is 0 Å². The average molecular weight is 287 g/mol. The average Bonchev–Trinajstić information content (AvgIpc) is 2.81. The third-order valence-corrected chi connectivity index (χ3v) is 3.88. The van der Waals surface area contributed by atoms with Crippen molar-refractivity contribution in [1.29, 1.82) is 0 Å². The fourth-order valence-electron chi connectivity index (χ4n) is 2.63. The topological polar surface area (TPSA) is 60.8 Å². The first-order valence-electron chi connectivity index (χ1n) is 6.59. The fraction of sp³-hybridized carbons (Fsp3) is 0.188. The van der Waals surface area contributed by atoms with Crippen molar-refractivity contribution in [1.82, 2.24) is 4.90 Å². The van der Waals surface area contributed by atoms with Crippen LogP contribution in [0.3, 0.4) is 0 Å². The molecule has 1 aliphatic heterocycles. The van der Waals surface area contributed by atoms with Crippen LogP contribution in [0.15, 0.2) is 36.4 Å². The van der Waals surface area contributed by atoms with Gasteiger partial charge in [-0.05, 0) is 36.2 Å². The molecule has 1 atom stereocenters. The number of halogens is 1. The van der Waals surface area contributed by atoms with Gasteiger partial charge in [0.1, 0.15) is 5.82 Å². The number of rotatable bonds is 2. The third kappa shape index (κ3) is 2.11. The van der Waals surface area contributed by atoms with E-state index in [4.69, 9.17) is 0 Å². The summed E-state index contributed by atoms with van der Waals surface area (Å²) < 4.78 is 13.0. The second kappa shape index (κ2) is 4.77. The number of nitrogens with zero attached hydrogens (tertiary/aromatic N) is 1. The number of phenolic OH excluding ortho intramolecular Hbond substituents is 2. The smallest absolute Gasteiger partial charge is 0.258 e. The molecule has 0 bridgehead atoms. The second-order valence-electron chi connectivity index (χ2n) is 5.13. The van der Waals surface area contributed by atoms with Crippen molar-refractivity contribution >= 4 is 5.91 Å². The maximum absolute atomic E-state index is 13.0. The van der Waals surface area contributed by atoms with Crippen LogP contribution in [0.5, 0.6) is 11.5 Å². The van der Waals surface area contributed by atoms with Crippen molar-refractivity contribution in [3.8, 4) is 11.5 Å². The van der Waals surface area contributed by atoms with E-state index in [1.54, 1.807) is 23.1 Å². The van der Waals surface area contributed by atoms with Crippen molar-refractivity contribution < 1.29 is 19.4 Å². The molecule has 0 saturated heterocycles. The Kier molecular flexibility index (Phi) is 3.05. The zero-order valence-electron chi connectivity index (χ0n) is 11.4. The first kappa shape index (κ1) is 13.4. The van der Waals surface area contributed by atoms with Gasteiger partial charge in [-0.15, -0.1) is 0 Å². The molecule has 1 aliphatic rings. The minimum atomic E-state index is -0.383. The summed E-state index contributed by atoms with van der Waals surface area (Å²) in [6.45, 7) is 2.19. The fourth-order valence-corrected chi connectivity index (χ4v) is 2.63. The van der Waals surface area contributed by atoms with Gasteiger partial charge < -0.3 is 15.1 Å². The van der Waals surface area contributed by atoms with E-state index in [0.29, 0.717) is 12.1 Å². The molecule has 1 heterocycles. The highest BCUT2D eigenvalue weighted by atomic mass is 19.1. The van der Waals surface area contributed by atoms with Crippen LogP contribution in [0.1, 0.15) is 34.5 Å². The van der Waals surface area contributed by atoms with Crippen LogP contribution in [0, 0.1) is 5.82 Å². The van der Waals surface area contributed by atoms with Crippen LogP contribution in [0.25, 0.3) is 0 Å². The number of hydrogen-bond donors (Lipinski definition) is 2. The Morgan fingerprint density at radius 3 is 2.48 bits per heavy atom. The van der Waals surface area contributed by atoms with Crippen LogP contribution in [0.2, 0.25) is 0 Å². The lowest BCUT2D eigenvalue weighted by Crippen LogP contribution is -2.27. The van der Waals surface area contributed by atoms with Crippen molar-refractivity contribution in [3.63, 3.8) is 0 Å². The predicted molar refractivity (Wildman–Crippen MR) is 74.5 cm³/mol. The molecule has 0 radical (unpaired) electrons. The maximum atomic E-state index is 13.0. The highest BCUT2D eigenvalue weighted by molar-refractivity contribution is 6.01. The molecule has 3 rings (SSSR count). The van der Waals surface area contributed by atoms with E-state index in [1.807, 2.05) is 6.92 Å². The Balaban J connectivity index is 1.94. The minimum Gasteiger partial charge on any atom is -0.504 e. The van der Waals surface area contributed by atoms with Crippen LogP contribution < -0.4 is 0 Å². The number of benzene rings is 2. The molecule has 5 heteroatoms.